The number of rotatable bonds is 7. The number of ether oxygens (including phenoxy) is 1. The van der Waals surface area contributed by atoms with Crippen LogP contribution in [0, 0.1) is 13.8 Å². The molecular weight excluding hydrogens is 238 g/mol. The minimum Gasteiger partial charge on any atom is -0.382 e. The Bertz CT molecular complexity index is 396. The highest BCUT2D eigenvalue weighted by molar-refractivity contribution is 5.92. The van der Waals surface area contributed by atoms with Gasteiger partial charge in [-0.15, -0.1) is 0 Å². The number of nitrogens with two attached hydrogens (primary N) is 1. The maximum Gasteiger partial charge on any atom is 0.193 e. The van der Waals surface area contributed by atoms with Crippen LogP contribution in [-0.2, 0) is 4.74 Å². The summed E-state index contributed by atoms with van der Waals surface area (Å²) in [6.07, 6.45) is 2.02. The second-order valence-electron chi connectivity index (χ2n) is 4.67. The molecule has 0 heterocycles. The molecule has 0 aliphatic heterocycles. The summed E-state index contributed by atoms with van der Waals surface area (Å²) in [5, 5.41) is 3.12. The molecule has 106 valence electrons. The van der Waals surface area contributed by atoms with Crippen LogP contribution in [0.3, 0.4) is 0 Å². The zero-order valence-corrected chi connectivity index (χ0v) is 12.2. The van der Waals surface area contributed by atoms with E-state index in [2.05, 4.69) is 42.4 Å². The van der Waals surface area contributed by atoms with Crippen LogP contribution in [0.4, 0.5) is 5.69 Å². The van der Waals surface area contributed by atoms with Crippen molar-refractivity contribution in [1.82, 2.24) is 0 Å². The quantitative estimate of drug-likeness (QED) is 0.452. The largest absolute Gasteiger partial charge is 0.382 e. The minimum atomic E-state index is 0.474. The molecule has 0 bridgehead atoms. The van der Waals surface area contributed by atoms with Crippen molar-refractivity contribution in [2.75, 3.05) is 25.1 Å². The average Bonchev–Trinajstić information content (AvgIpc) is 2.32. The van der Waals surface area contributed by atoms with Crippen molar-refractivity contribution in [2.45, 2.75) is 33.6 Å². The van der Waals surface area contributed by atoms with Gasteiger partial charge in [-0.3, -0.25) is 4.99 Å². The molecule has 0 atom stereocenters. The Hall–Kier alpha value is -1.55. The first kappa shape index (κ1) is 15.5. The monoisotopic (exact) mass is 263 g/mol. The summed E-state index contributed by atoms with van der Waals surface area (Å²) in [7, 11) is 0. The second-order valence-corrected chi connectivity index (χ2v) is 4.67. The van der Waals surface area contributed by atoms with E-state index >= 15 is 0 Å². The summed E-state index contributed by atoms with van der Waals surface area (Å²) < 4.78 is 5.27. The van der Waals surface area contributed by atoms with Crippen molar-refractivity contribution in [1.29, 1.82) is 0 Å². The van der Waals surface area contributed by atoms with Crippen LogP contribution in [0.2, 0.25) is 0 Å². The Kier molecular flexibility index (Phi) is 6.97. The topological polar surface area (TPSA) is 59.6 Å². The van der Waals surface area contributed by atoms with E-state index in [0.717, 1.165) is 38.3 Å². The van der Waals surface area contributed by atoms with Gasteiger partial charge >= 0.3 is 0 Å². The van der Waals surface area contributed by atoms with Crippen LogP contribution in [0.5, 0.6) is 0 Å². The molecule has 1 rings (SSSR count). The van der Waals surface area contributed by atoms with Gasteiger partial charge in [0.25, 0.3) is 0 Å². The molecule has 1 aromatic carbocycles. The van der Waals surface area contributed by atoms with Gasteiger partial charge in [-0.25, -0.2) is 0 Å². The van der Waals surface area contributed by atoms with Crippen molar-refractivity contribution < 1.29 is 4.74 Å². The van der Waals surface area contributed by atoms with Gasteiger partial charge in [0, 0.05) is 25.4 Å². The molecule has 0 spiro atoms. The summed E-state index contributed by atoms with van der Waals surface area (Å²) in [5.74, 6) is 0.474. The van der Waals surface area contributed by atoms with Crippen molar-refractivity contribution >= 4 is 11.6 Å². The molecular formula is C15H25N3O. The van der Waals surface area contributed by atoms with E-state index < -0.39 is 0 Å². The van der Waals surface area contributed by atoms with Gasteiger partial charge in [-0.05, 0) is 56.9 Å². The van der Waals surface area contributed by atoms with Crippen LogP contribution in [0.1, 0.15) is 30.9 Å². The predicted molar refractivity (Wildman–Crippen MR) is 81.8 cm³/mol. The van der Waals surface area contributed by atoms with Gasteiger partial charge in [-0.2, -0.15) is 0 Å². The van der Waals surface area contributed by atoms with Gasteiger partial charge in [-0.1, -0.05) is 6.07 Å². The molecule has 0 radical (unpaired) electrons. The third kappa shape index (κ3) is 6.82. The first-order chi connectivity index (χ1) is 9.11. The van der Waals surface area contributed by atoms with Gasteiger partial charge in [0.15, 0.2) is 5.96 Å². The number of guanidine groups is 1. The van der Waals surface area contributed by atoms with E-state index in [1.807, 2.05) is 6.92 Å². The third-order valence-electron chi connectivity index (χ3n) is 2.68. The first-order valence-corrected chi connectivity index (χ1v) is 6.85. The third-order valence-corrected chi connectivity index (χ3v) is 2.68. The fraction of sp³-hybridized carbons (Fsp3) is 0.533. The molecule has 0 aliphatic carbocycles. The van der Waals surface area contributed by atoms with Gasteiger partial charge in [0.1, 0.15) is 0 Å². The summed E-state index contributed by atoms with van der Waals surface area (Å²) >= 11 is 0. The van der Waals surface area contributed by atoms with Gasteiger partial charge in [0.05, 0.1) is 0 Å². The van der Waals surface area contributed by atoms with E-state index in [0.29, 0.717) is 5.96 Å². The molecule has 4 heteroatoms. The molecule has 0 saturated carbocycles. The summed E-state index contributed by atoms with van der Waals surface area (Å²) in [5.41, 5.74) is 9.28. The lowest BCUT2D eigenvalue weighted by Crippen LogP contribution is -2.23. The lowest BCUT2D eigenvalue weighted by Gasteiger charge is -2.08. The van der Waals surface area contributed by atoms with Gasteiger partial charge < -0.3 is 15.8 Å². The van der Waals surface area contributed by atoms with Crippen molar-refractivity contribution in [3.8, 4) is 0 Å². The number of nitrogens with one attached hydrogen (secondary N) is 1. The van der Waals surface area contributed by atoms with Crippen molar-refractivity contribution in [2.24, 2.45) is 10.7 Å². The zero-order valence-electron chi connectivity index (χ0n) is 12.2. The van der Waals surface area contributed by atoms with Crippen LogP contribution in [-0.4, -0.2) is 25.7 Å². The van der Waals surface area contributed by atoms with E-state index in [9.17, 15) is 0 Å². The number of hydrogen-bond acceptors (Lipinski definition) is 2. The number of benzene rings is 1. The Morgan fingerprint density at radius 2 is 1.89 bits per heavy atom. The number of hydrogen-bond donors (Lipinski definition) is 2. The molecule has 4 nitrogen and oxygen atoms in total. The SMILES string of the molecule is CCOCCCCN=C(N)Nc1cc(C)cc(C)c1. The van der Waals surface area contributed by atoms with E-state index in [1.54, 1.807) is 0 Å². The lowest BCUT2D eigenvalue weighted by molar-refractivity contribution is 0.144. The highest BCUT2D eigenvalue weighted by Gasteiger charge is 1.97. The highest BCUT2D eigenvalue weighted by Crippen LogP contribution is 2.13. The summed E-state index contributed by atoms with van der Waals surface area (Å²) in [6.45, 7) is 8.45. The Morgan fingerprint density at radius 1 is 1.21 bits per heavy atom. The normalized spacial score (nSPS) is 11.6. The van der Waals surface area contributed by atoms with E-state index in [1.165, 1.54) is 11.1 Å². The number of nitrogens with zero attached hydrogens (tertiary/aromatic N) is 1. The standard InChI is InChI=1S/C15H25N3O/c1-4-19-8-6-5-7-17-15(16)18-14-10-12(2)9-13(3)11-14/h9-11H,4-8H2,1-3H3,(H3,16,17,18). The summed E-state index contributed by atoms with van der Waals surface area (Å²) in [6, 6.07) is 6.25. The van der Waals surface area contributed by atoms with Crippen molar-refractivity contribution in [3.63, 3.8) is 0 Å². The highest BCUT2D eigenvalue weighted by atomic mass is 16.5. The van der Waals surface area contributed by atoms with E-state index in [4.69, 9.17) is 10.5 Å². The Balaban J connectivity index is 2.34. The fourth-order valence-electron chi connectivity index (χ4n) is 1.89. The van der Waals surface area contributed by atoms with Crippen LogP contribution in [0.15, 0.2) is 23.2 Å². The van der Waals surface area contributed by atoms with Crippen LogP contribution < -0.4 is 11.1 Å². The molecule has 19 heavy (non-hydrogen) atoms. The lowest BCUT2D eigenvalue weighted by atomic mass is 10.1. The number of unbranched alkanes of at least 4 members (excludes halogenated alkanes) is 1. The molecule has 0 fully saturated rings. The minimum absolute atomic E-state index is 0.474. The molecule has 0 aromatic heterocycles. The molecule has 0 amide bonds. The molecule has 0 aliphatic rings. The Morgan fingerprint density at radius 3 is 2.53 bits per heavy atom. The van der Waals surface area contributed by atoms with Crippen LogP contribution in [0.25, 0.3) is 0 Å². The van der Waals surface area contributed by atoms with Crippen LogP contribution >= 0.6 is 0 Å². The number of anilines is 1. The predicted octanol–water partition coefficient (Wildman–Crippen LogP) is 2.85. The van der Waals surface area contributed by atoms with E-state index in [-0.39, 0.29) is 0 Å². The Labute approximate surface area is 116 Å². The molecule has 1 aromatic rings. The molecule has 0 saturated heterocycles. The van der Waals surface area contributed by atoms with Gasteiger partial charge in [0.2, 0.25) is 0 Å². The maximum atomic E-state index is 5.85. The number of aliphatic imine (C=N–C) groups is 1. The molecule has 0 unspecified atom stereocenters. The maximum absolute atomic E-state index is 5.85. The average molecular weight is 263 g/mol. The molecule has 3 N–H and O–H groups in total. The fourth-order valence-corrected chi connectivity index (χ4v) is 1.89. The smallest absolute Gasteiger partial charge is 0.193 e. The van der Waals surface area contributed by atoms with Crippen molar-refractivity contribution in [3.05, 3.63) is 29.3 Å². The summed E-state index contributed by atoms with van der Waals surface area (Å²) in [4.78, 5) is 4.30. The first-order valence-electron chi connectivity index (χ1n) is 6.85. The number of aryl methyl sites for hydroxylation is 2. The second kappa shape index (κ2) is 8.53. The zero-order chi connectivity index (χ0) is 14.1.